The molecule has 0 saturated heterocycles. The van der Waals surface area contributed by atoms with Gasteiger partial charge in [0, 0.05) is 22.5 Å². The largest absolute Gasteiger partial charge is 0.340 e. The van der Waals surface area contributed by atoms with Crippen molar-refractivity contribution >= 4 is 44.4 Å². The van der Waals surface area contributed by atoms with Crippen LogP contribution >= 0.6 is 11.6 Å². The average molecular weight is 403 g/mol. The second-order valence-electron chi connectivity index (χ2n) is 5.93. The first-order valence-electron chi connectivity index (χ1n) is 8.32. The summed E-state index contributed by atoms with van der Waals surface area (Å²) in [7, 11) is -3.27. The van der Waals surface area contributed by atoms with Crippen LogP contribution in [0.4, 0.5) is 23.0 Å². The van der Waals surface area contributed by atoms with Gasteiger partial charge in [-0.15, -0.1) is 0 Å². The fourth-order valence-corrected chi connectivity index (χ4v) is 3.49. The molecule has 6 nitrogen and oxygen atoms in total. The van der Waals surface area contributed by atoms with E-state index in [9.17, 15) is 8.42 Å². The van der Waals surface area contributed by atoms with Crippen molar-refractivity contribution in [2.75, 3.05) is 16.4 Å². The number of sulfone groups is 1. The molecule has 0 bridgehead atoms. The minimum Gasteiger partial charge on any atom is -0.340 e. The topological polar surface area (TPSA) is 84.0 Å². The zero-order chi connectivity index (χ0) is 19.4. The second-order valence-corrected chi connectivity index (χ2v) is 8.62. The van der Waals surface area contributed by atoms with Crippen molar-refractivity contribution in [1.29, 1.82) is 0 Å². The number of hydrogen-bond donors (Lipinski definition) is 2. The Labute approximate surface area is 163 Å². The number of hydrogen-bond acceptors (Lipinski definition) is 6. The summed E-state index contributed by atoms with van der Waals surface area (Å²) >= 11 is 6.05. The van der Waals surface area contributed by atoms with Crippen molar-refractivity contribution in [1.82, 2.24) is 9.97 Å². The normalized spacial score (nSPS) is 11.2. The van der Waals surface area contributed by atoms with Gasteiger partial charge < -0.3 is 10.6 Å². The summed E-state index contributed by atoms with van der Waals surface area (Å²) in [5, 5.41) is 7.01. The predicted octanol–water partition coefficient (Wildman–Crippen LogP) is 4.72. The monoisotopic (exact) mass is 402 g/mol. The van der Waals surface area contributed by atoms with E-state index in [4.69, 9.17) is 11.6 Å². The molecule has 0 radical (unpaired) electrons. The van der Waals surface area contributed by atoms with Crippen LogP contribution in [0.1, 0.15) is 12.5 Å². The Balaban J connectivity index is 1.80. The minimum absolute atomic E-state index is 0.0541. The Hall–Kier alpha value is -2.64. The van der Waals surface area contributed by atoms with Gasteiger partial charge in [0.2, 0.25) is 0 Å². The summed E-state index contributed by atoms with van der Waals surface area (Å²) in [6, 6.07) is 14.0. The van der Waals surface area contributed by atoms with Crippen molar-refractivity contribution in [2.24, 2.45) is 0 Å². The number of nitrogens with zero attached hydrogens (tertiary/aromatic N) is 2. The number of benzene rings is 2. The third-order valence-electron chi connectivity index (χ3n) is 3.94. The van der Waals surface area contributed by atoms with Crippen LogP contribution in [-0.4, -0.2) is 24.1 Å². The van der Waals surface area contributed by atoms with Crippen LogP contribution in [0.15, 0.2) is 59.8 Å². The minimum atomic E-state index is -3.27. The standard InChI is InChI=1S/C19H19ClN4O2S/c1-3-27(25,26)16-6-4-5-14(10-16)23-18-11-19(22-12-21-18)24-15-7-8-17(20)13(2)9-15/h4-12H,3H2,1-2H3,(H2,21,22,23,24). The van der Waals surface area contributed by atoms with Crippen molar-refractivity contribution in [3.05, 3.63) is 65.4 Å². The predicted molar refractivity (Wildman–Crippen MR) is 109 cm³/mol. The Kier molecular flexibility index (Phi) is 5.62. The van der Waals surface area contributed by atoms with E-state index < -0.39 is 9.84 Å². The summed E-state index contributed by atoms with van der Waals surface area (Å²) in [5.74, 6) is 1.20. The lowest BCUT2D eigenvalue weighted by atomic mass is 10.2. The molecule has 1 aromatic heterocycles. The summed E-state index contributed by atoms with van der Waals surface area (Å²) in [5.41, 5.74) is 2.46. The number of halogens is 1. The van der Waals surface area contributed by atoms with Crippen LogP contribution in [-0.2, 0) is 9.84 Å². The van der Waals surface area contributed by atoms with E-state index in [1.807, 2.05) is 25.1 Å². The second kappa shape index (κ2) is 7.94. The van der Waals surface area contributed by atoms with E-state index in [2.05, 4.69) is 20.6 Å². The Morgan fingerprint density at radius 1 is 0.963 bits per heavy atom. The van der Waals surface area contributed by atoms with Gasteiger partial charge in [-0.1, -0.05) is 24.6 Å². The molecule has 2 N–H and O–H groups in total. The number of anilines is 4. The third kappa shape index (κ3) is 4.75. The molecule has 0 aliphatic carbocycles. The lowest BCUT2D eigenvalue weighted by Crippen LogP contribution is -2.04. The van der Waals surface area contributed by atoms with Crippen LogP contribution in [0, 0.1) is 6.92 Å². The molecule has 8 heteroatoms. The maximum absolute atomic E-state index is 12.0. The zero-order valence-electron chi connectivity index (χ0n) is 14.9. The van der Waals surface area contributed by atoms with Gasteiger partial charge in [-0.05, 0) is 48.9 Å². The van der Waals surface area contributed by atoms with Crippen LogP contribution < -0.4 is 10.6 Å². The molecule has 0 aliphatic heterocycles. The maximum Gasteiger partial charge on any atom is 0.178 e. The van der Waals surface area contributed by atoms with Gasteiger partial charge in [0.05, 0.1) is 10.6 Å². The van der Waals surface area contributed by atoms with Gasteiger partial charge in [-0.2, -0.15) is 0 Å². The smallest absolute Gasteiger partial charge is 0.178 e. The summed E-state index contributed by atoms with van der Waals surface area (Å²) in [4.78, 5) is 8.67. The molecule has 0 saturated carbocycles. The summed E-state index contributed by atoms with van der Waals surface area (Å²) in [6.07, 6.45) is 1.43. The molecule has 140 valence electrons. The van der Waals surface area contributed by atoms with Crippen LogP contribution in [0.5, 0.6) is 0 Å². The molecule has 2 aromatic carbocycles. The summed E-state index contributed by atoms with van der Waals surface area (Å²) < 4.78 is 24.1. The molecule has 0 spiro atoms. The van der Waals surface area contributed by atoms with Gasteiger partial charge in [-0.3, -0.25) is 0 Å². The van der Waals surface area contributed by atoms with Gasteiger partial charge >= 0.3 is 0 Å². The quantitative estimate of drug-likeness (QED) is 0.620. The number of aryl methyl sites for hydroxylation is 1. The van der Waals surface area contributed by atoms with Crippen molar-refractivity contribution in [3.63, 3.8) is 0 Å². The number of nitrogens with one attached hydrogen (secondary N) is 2. The molecule has 3 aromatic rings. The molecular weight excluding hydrogens is 384 g/mol. The van der Waals surface area contributed by atoms with Gasteiger partial charge in [-0.25, -0.2) is 18.4 Å². The van der Waals surface area contributed by atoms with Crippen LogP contribution in [0.25, 0.3) is 0 Å². The lowest BCUT2D eigenvalue weighted by Gasteiger charge is -2.10. The van der Waals surface area contributed by atoms with E-state index in [0.29, 0.717) is 22.3 Å². The van der Waals surface area contributed by atoms with Gasteiger partial charge in [0.1, 0.15) is 18.0 Å². The highest BCUT2D eigenvalue weighted by Crippen LogP contribution is 2.24. The SMILES string of the molecule is CCS(=O)(=O)c1cccc(Nc2cc(Nc3ccc(Cl)c(C)c3)ncn2)c1. The molecule has 27 heavy (non-hydrogen) atoms. The first-order valence-corrected chi connectivity index (χ1v) is 10.4. The maximum atomic E-state index is 12.0. The van der Waals surface area contributed by atoms with E-state index in [0.717, 1.165) is 11.3 Å². The molecule has 0 fully saturated rings. The molecule has 0 aliphatic rings. The molecule has 0 unspecified atom stereocenters. The fourth-order valence-electron chi connectivity index (χ4n) is 2.45. The van der Waals surface area contributed by atoms with E-state index in [1.165, 1.54) is 6.33 Å². The first-order chi connectivity index (χ1) is 12.9. The Morgan fingerprint density at radius 3 is 2.26 bits per heavy atom. The Morgan fingerprint density at radius 2 is 1.63 bits per heavy atom. The van der Waals surface area contributed by atoms with Gasteiger partial charge in [0.15, 0.2) is 9.84 Å². The van der Waals surface area contributed by atoms with Crippen molar-refractivity contribution < 1.29 is 8.42 Å². The number of aromatic nitrogens is 2. The molecular formula is C19H19ClN4O2S. The highest BCUT2D eigenvalue weighted by Gasteiger charge is 2.12. The van der Waals surface area contributed by atoms with Crippen LogP contribution in [0.2, 0.25) is 5.02 Å². The van der Waals surface area contributed by atoms with E-state index in [1.54, 1.807) is 37.3 Å². The van der Waals surface area contributed by atoms with E-state index >= 15 is 0 Å². The Bertz CT molecular complexity index is 1070. The van der Waals surface area contributed by atoms with E-state index in [-0.39, 0.29) is 10.6 Å². The van der Waals surface area contributed by atoms with Crippen LogP contribution in [0.3, 0.4) is 0 Å². The fraction of sp³-hybridized carbons (Fsp3) is 0.158. The summed E-state index contributed by atoms with van der Waals surface area (Å²) in [6.45, 7) is 3.55. The lowest BCUT2D eigenvalue weighted by molar-refractivity contribution is 0.597. The molecule has 3 rings (SSSR count). The van der Waals surface area contributed by atoms with Crippen molar-refractivity contribution in [2.45, 2.75) is 18.7 Å². The zero-order valence-corrected chi connectivity index (χ0v) is 16.5. The highest BCUT2D eigenvalue weighted by atomic mass is 35.5. The molecule has 1 heterocycles. The first kappa shape index (κ1) is 19.1. The average Bonchev–Trinajstić information content (AvgIpc) is 2.65. The highest BCUT2D eigenvalue weighted by molar-refractivity contribution is 7.91. The third-order valence-corrected chi connectivity index (χ3v) is 6.10. The van der Waals surface area contributed by atoms with Gasteiger partial charge in [0.25, 0.3) is 0 Å². The number of rotatable bonds is 6. The molecule has 0 atom stereocenters. The van der Waals surface area contributed by atoms with Crippen molar-refractivity contribution in [3.8, 4) is 0 Å². The molecule has 0 amide bonds.